The van der Waals surface area contributed by atoms with Crippen molar-refractivity contribution in [2.75, 3.05) is 0 Å². The van der Waals surface area contributed by atoms with Crippen LogP contribution in [-0.4, -0.2) is 9.85 Å². The maximum absolute atomic E-state index is 11.1. The van der Waals surface area contributed by atoms with E-state index in [0.29, 0.717) is 6.07 Å². The van der Waals surface area contributed by atoms with Crippen molar-refractivity contribution in [1.82, 2.24) is 0 Å². The SMILES string of the molecule is Cc1cc([N+](=O)[O-])cc([N+](=O)[O-])c1[O-].[Na+]. The topological polar surface area (TPSA) is 109 Å². The van der Waals surface area contributed by atoms with Gasteiger partial charge in [-0.2, -0.15) is 0 Å². The van der Waals surface area contributed by atoms with Crippen LogP contribution in [0.25, 0.3) is 0 Å². The monoisotopic (exact) mass is 220 g/mol. The fourth-order valence-corrected chi connectivity index (χ4v) is 0.978. The Balaban J connectivity index is 0.00000196. The quantitative estimate of drug-likeness (QED) is 0.322. The zero-order valence-electron chi connectivity index (χ0n) is 8.09. The molecule has 0 heterocycles. The van der Waals surface area contributed by atoms with Crippen LogP contribution in [0.5, 0.6) is 5.75 Å². The fourth-order valence-electron chi connectivity index (χ4n) is 0.978. The first-order chi connectivity index (χ1) is 6.43. The molecular formula is C7H5N2NaO5. The number of nitro benzene ring substituents is 2. The Bertz CT molecular complexity index is 420. The summed E-state index contributed by atoms with van der Waals surface area (Å²) in [6.45, 7) is 1.29. The first kappa shape index (κ1) is 13.8. The minimum absolute atomic E-state index is 0. The van der Waals surface area contributed by atoms with Crippen LogP contribution in [-0.2, 0) is 0 Å². The molecular weight excluding hydrogens is 215 g/mol. The van der Waals surface area contributed by atoms with E-state index in [1.165, 1.54) is 6.92 Å². The minimum Gasteiger partial charge on any atom is -0.868 e. The van der Waals surface area contributed by atoms with E-state index in [4.69, 9.17) is 0 Å². The summed E-state index contributed by atoms with van der Waals surface area (Å²) in [4.78, 5) is 18.9. The van der Waals surface area contributed by atoms with Crippen LogP contribution in [0.4, 0.5) is 11.4 Å². The Morgan fingerprint density at radius 1 is 1.13 bits per heavy atom. The first-order valence-electron chi connectivity index (χ1n) is 3.54. The maximum Gasteiger partial charge on any atom is 1.00 e. The largest absolute Gasteiger partial charge is 1.00 e. The molecule has 0 radical (unpaired) electrons. The van der Waals surface area contributed by atoms with Gasteiger partial charge in [0.25, 0.3) is 11.4 Å². The van der Waals surface area contributed by atoms with E-state index in [9.17, 15) is 25.3 Å². The number of rotatable bonds is 2. The number of nitro groups is 2. The summed E-state index contributed by atoms with van der Waals surface area (Å²) in [5.74, 6) is -0.791. The molecule has 0 N–H and O–H groups in total. The summed E-state index contributed by atoms with van der Waals surface area (Å²) in [5.41, 5.74) is -1.23. The molecule has 0 aliphatic carbocycles. The van der Waals surface area contributed by atoms with Crippen LogP contribution in [0, 0.1) is 27.2 Å². The van der Waals surface area contributed by atoms with Crippen LogP contribution >= 0.6 is 0 Å². The van der Waals surface area contributed by atoms with Gasteiger partial charge in [-0.05, 0) is 18.2 Å². The molecule has 0 aliphatic rings. The number of benzene rings is 1. The summed E-state index contributed by atoms with van der Waals surface area (Å²) in [7, 11) is 0. The second-order valence-corrected chi connectivity index (χ2v) is 2.63. The van der Waals surface area contributed by atoms with Crippen molar-refractivity contribution < 1.29 is 44.5 Å². The van der Waals surface area contributed by atoms with Crippen LogP contribution in [0.15, 0.2) is 12.1 Å². The predicted octanol–water partition coefficient (Wildman–Crippen LogP) is -2.11. The Kier molecular flexibility index (Phi) is 4.66. The average Bonchev–Trinajstić information content (AvgIpc) is 2.08. The first-order valence-corrected chi connectivity index (χ1v) is 3.54. The third kappa shape index (κ3) is 2.88. The number of nitrogens with zero attached hydrogens (tertiary/aromatic N) is 2. The molecule has 0 bridgehead atoms. The van der Waals surface area contributed by atoms with Gasteiger partial charge < -0.3 is 5.11 Å². The molecule has 0 aliphatic heterocycles. The molecule has 1 aromatic rings. The Labute approximate surface area is 106 Å². The average molecular weight is 220 g/mol. The van der Waals surface area contributed by atoms with Gasteiger partial charge in [0.05, 0.1) is 15.9 Å². The zero-order valence-corrected chi connectivity index (χ0v) is 10.1. The number of non-ortho nitro benzene ring substituents is 1. The summed E-state index contributed by atoms with van der Waals surface area (Å²) in [6, 6.07) is 1.67. The number of hydrogen-bond acceptors (Lipinski definition) is 5. The third-order valence-electron chi connectivity index (χ3n) is 1.65. The smallest absolute Gasteiger partial charge is 0.868 e. The fraction of sp³-hybridized carbons (Fsp3) is 0.143. The van der Waals surface area contributed by atoms with E-state index in [0.717, 1.165) is 6.07 Å². The van der Waals surface area contributed by atoms with Crippen molar-refractivity contribution in [3.63, 3.8) is 0 Å². The summed E-state index contributed by atoms with van der Waals surface area (Å²) < 4.78 is 0. The molecule has 0 unspecified atom stereocenters. The van der Waals surface area contributed by atoms with E-state index in [2.05, 4.69) is 0 Å². The molecule has 0 aromatic heterocycles. The van der Waals surface area contributed by atoms with Gasteiger partial charge in [0.1, 0.15) is 0 Å². The van der Waals surface area contributed by atoms with Gasteiger partial charge >= 0.3 is 29.6 Å². The molecule has 15 heavy (non-hydrogen) atoms. The van der Waals surface area contributed by atoms with Crippen LogP contribution in [0.2, 0.25) is 0 Å². The number of hydrogen-bond donors (Lipinski definition) is 0. The van der Waals surface area contributed by atoms with E-state index in [1.807, 2.05) is 0 Å². The molecule has 8 heteroatoms. The third-order valence-corrected chi connectivity index (χ3v) is 1.65. The van der Waals surface area contributed by atoms with Crippen molar-refractivity contribution in [3.05, 3.63) is 37.9 Å². The second-order valence-electron chi connectivity index (χ2n) is 2.63. The molecule has 7 nitrogen and oxygen atoms in total. The molecule has 0 atom stereocenters. The van der Waals surface area contributed by atoms with Gasteiger partial charge in [-0.1, -0.05) is 0 Å². The maximum atomic E-state index is 11.1. The molecule has 0 saturated carbocycles. The van der Waals surface area contributed by atoms with Crippen LogP contribution in [0.3, 0.4) is 0 Å². The summed E-state index contributed by atoms with van der Waals surface area (Å²) >= 11 is 0. The van der Waals surface area contributed by atoms with Gasteiger partial charge in [0, 0.05) is 6.07 Å². The van der Waals surface area contributed by atoms with Crippen molar-refractivity contribution in [3.8, 4) is 5.75 Å². The molecule has 74 valence electrons. The number of aryl methyl sites for hydroxylation is 1. The van der Waals surface area contributed by atoms with Crippen LogP contribution < -0.4 is 34.7 Å². The van der Waals surface area contributed by atoms with E-state index >= 15 is 0 Å². The van der Waals surface area contributed by atoms with Gasteiger partial charge in [-0.15, -0.1) is 0 Å². The Morgan fingerprint density at radius 3 is 2.07 bits per heavy atom. The molecule has 1 rings (SSSR count). The zero-order chi connectivity index (χ0) is 10.9. The van der Waals surface area contributed by atoms with Gasteiger partial charge in [-0.25, -0.2) is 0 Å². The standard InChI is InChI=1S/C7H6N2O5.Na/c1-4-2-5(8(11)12)3-6(7(4)10)9(13)14;/h2-3,10H,1H3;/q;+1/p-1. The Hall–Kier alpha value is -1.18. The summed E-state index contributed by atoms with van der Waals surface area (Å²) in [6.07, 6.45) is 0. The van der Waals surface area contributed by atoms with Crippen LogP contribution in [0.1, 0.15) is 5.56 Å². The molecule has 1 aromatic carbocycles. The van der Waals surface area contributed by atoms with E-state index in [1.54, 1.807) is 0 Å². The molecule has 0 amide bonds. The summed E-state index contributed by atoms with van der Waals surface area (Å²) in [5, 5.41) is 31.8. The second kappa shape index (κ2) is 5.06. The predicted molar refractivity (Wildman–Crippen MR) is 43.9 cm³/mol. The minimum atomic E-state index is -0.928. The van der Waals surface area contributed by atoms with Gasteiger partial charge in [0.2, 0.25) is 0 Å². The van der Waals surface area contributed by atoms with Crippen molar-refractivity contribution in [1.29, 1.82) is 0 Å². The van der Waals surface area contributed by atoms with Crippen molar-refractivity contribution >= 4 is 11.4 Å². The van der Waals surface area contributed by atoms with Crippen molar-refractivity contribution in [2.24, 2.45) is 0 Å². The molecule has 0 fully saturated rings. The molecule has 0 saturated heterocycles. The van der Waals surface area contributed by atoms with E-state index < -0.39 is 27.0 Å². The van der Waals surface area contributed by atoms with Crippen molar-refractivity contribution in [2.45, 2.75) is 6.92 Å². The Morgan fingerprint density at radius 2 is 1.67 bits per heavy atom. The van der Waals surface area contributed by atoms with Gasteiger partial charge in [-0.3, -0.25) is 20.2 Å². The normalized spacial score (nSPS) is 9.13. The van der Waals surface area contributed by atoms with Gasteiger partial charge in [0.15, 0.2) is 0 Å². The molecule has 0 spiro atoms. The van der Waals surface area contributed by atoms with E-state index in [-0.39, 0.29) is 35.1 Å².